The second-order valence-electron chi connectivity index (χ2n) is 5.75. The maximum atomic E-state index is 13.0. The van der Waals surface area contributed by atoms with Crippen LogP contribution in [-0.4, -0.2) is 12.7 Å². The Balaban J connectivity index is 2.15. The highest BCUT2D eigenvalue weighted by atomic mass is 19.4. The standard InChI is InChI=1S/C16H21F4N/c1-2-21-15(11-6-8-14(17)9-7-11)12-4-3-5-13(10-12)16(18,19)20/h6-9,12-13,15,21H,2-5,10H2,1H3. The van der Waals surface area contributed by atoms with Crippen molar-refractivity contribution in [1.82, 2.24) is 5.32 Å². The van der Waals surface area contributed by atoms with Crippen molar-refractivity contribution in [2.45, 2.75) is 44.8 Å². The fourth-order valence-corrected chi connectivity index (χ4v) is 3.27. The van der Waals surface area contributed by atoms with Crippen LogP contribution in [-0.2, 0) is 0 Å². The molecule has 1 nitrogen and oxygen atoms in total. The molecule has 1 N–H and O–H groups in total. The van der Waals surface area contributed by atoms with Gasteiger partial charge in [-0.1, -0.05) is 25.5 Å². The maximum Gasteiger partial charge on any atom is 0.391 e. The van der Waals surface area contributed by atoms with Crippen molar-refractivity contribution in [3.63, 3.8) is 0 Å². The zero-order valence-corrected chi connectivity index (χ0v) is 12.1. The van der Waals surface area contributed by atoms with E-state index in [-0.39, 0.29) is 30.6 Å². The molecule has 0 radical (unpaired) electrons. The molecule has 21 heavy (non-hydrogen) atoms. The Hall–Kier alpha value is -1.10. The van der Waals surface area contributed by atoms with Crippen molar-refractivity contribution >= 4 is 0 Å². The molecule has 0 bridgehead atoms. The average Bonchev–Trinajstić information content (AvgIpc) is 2.45. The predicted molar refractivity (Wildman–Crippen MR) is 74.3 cm³/mol. The number of hydrogen-bond donors (Lipinski definition) is 1. The molecule has 1 aromatic carbocycles. The van der Waals surface area contributed by atoms with Gasteiger partial charge in [-0.3, -0.25) is 0 Å². The minimum atomic E-state index is -4.11. The second kappa shape index (κ2) is 6.77. The van der Waals surface area contributed by atoms with Crippen LogP contribution in [0.15, 0.2) is 24.3 Å². The summed E-state index contributed by atoms with van der Waals surface area (Å²) >= 11 is 0. The Morgan fingerprint density at radius 1 is 1.19 bits per heavy atom. The summed E-state index contributed by atoms with van der Waals surface area (Å²) in [6, 6.07) is 5.92. The van der Waals surface area contributed by atoms with Crippen molar-refractivity contribution in [3.8, 4) is 0 Å². The number of halogens is 4. The molecule has 118 valence electrons. The minimum Gasteiger partial charge on any atom is -0.310 e. The third-order valence-electron chi connectivity index (χ3n) is 4.30. The fraction of sp³-hybridized carbons (Fsp3) is 0.625. The van der Waals surface area contributed by atoms with Crippen molar-refractivity contribution in [3.05, 3.63) is 35.6 Å². The highest BCUT2D eigenvalue weighted by molar-refractivity contribution is 5.21. The van der Waals surface area contributed by atoms with Crippen LogP contribution in [0.4, 0.5) is 17.6 Å². The Labute approximate surface area is 122 Å². The molecular weight excluding hydrogens is 282 g/mol. The van der Waals surface area contributed by atoms with E-state index in [0.29, 0.717) is 13.0 Å². The first kappa shape index (κ1) is 16.3. The van der Waals surface area contributed by atoms with Gasteiger partial charge in [0.15, 0.2) is 0 Å². The summed E-state index contributed by atoms with van der Waals surface area (Å²) in [5.41, 5.74) is 0.867. The molecule has 1 fully saturated rings. The summed E-state index contributed by atoms with van der Waals surface area (Å²) < 4.78 is 51.9. The molecule has 0 aromatic heterocycles. The first-order chi connectivity index (χ1) is 9.91. The Bertz CT molecular complexity index is 441. The normalized spacial score (nSPS) is 24.8. The van der Waals surface area contributed by atoms with Crippen LogP contribution in [0.3, 0.4) is 0 Å². The van der Waals surface area contributed by atoms with Gasteiger partial charge in [-0.2, -0.15) is 13.2 Å². The zero-order valence-electron chi connectivity index (χ0n) is 12.1. The Morgan fingerprint density at radius 2 is 1.86 bits per heavy atom. The quantitative estimate of drug-likeness (QED) is 0.784. The molecule has 1 saturated carbocycles. The third-order valence-corrected chi connectivity index (χ3v) is 4.30. The van der Waals surface area contributed by atoms with Gasteiger partial charge in [0, 0.05) is 6.04 Å². The van der Waals surface area contributed by atoms with Crippen molar-refractivity contribution in [1.29, 1.82) is 0 Å². The zero-order chi connectivity index (χ0) is 15.5. The summed E-state index contributed by atoms with van der Waals surface area (Å²) in [5, 5.41) is 3.27. The molecule has 3 atom stereocenters. The fourth-order valence-electron chi connectivity index (χ4n) is 3.27. The number of rotatable bonds is 4. The van der Waals surface area contributed by atoms with E-state index in [2.05, 4.69) is 5.32 Å². The molecule has 5 heteroatoms. The SMILES string of the molecule is CCNC(c1ccc(F)cc1)C1CCCC(C(F)(F)F)C1. The topological polar surface area (TPSA) is 12.0 Å². The van der Waals surface area contributed by atoms with Crippen molar-refractivity contribution in [2.75, 3.05) is 6.54 Å². The Morgan fingerprint density at radius 3 is 2.43 bits per heavy atom. The van der Waals surface area contributed by atoms with E-state index in [1.54, 1.807) is 12.1 Å². The molecule has 1 aliphatic carbocycles. The largest absolute Gasteiger partial charge is 0.391 e. The van der Waals surface area contributed by atoms with Gasteiger partial charge in [0.1, 0.15) is 5.82 Å². The van der Waals surface area contributed by atoms with Crippen LogP contribution in [0, 0.1) is 17.7 Å². The number of hydrogen-bond acceptors (Lipinski definition) is 1. The van der Waals surface area contributed by atoms with E-state index in [0.717, 1.165) is 12.0 Å². The molecule has 2 rings (SSSR count). The van der Waals surface area contributed by atoms with Crippen molar-refractivity contribution in [2.24, 2.45) is 11.8 Å². The van der Waals surface area contributed by atoms with Crippen LogP contribution in [0.25, 0.3) is 0 Å². The molecule has 1 aromatic rings. The van der Waals surface area contributed by atoms with E-state index in [9.17, 15) is 17.6 Å². The Kier molecular flexibility index (Phi) is 5.25. The third kappa shape index (κ3) is 4.19. The number of alkyl halides is 3. The van der Waals surface area contributed by atoms with Gasteiger partial charge in [0.2, 0.25) is 0 Å². The van der Waals surface area contributed by atoms with E-state index < -0.39 is 12.1 Å². The highest BCUT2D eigenvalue weighted by Crippen LogP contribution is 2.43. The summed E-state index contributed by atoms with van der Waals surface area (Å²) in [4.78, 5) is 0. The van der Waals surface area contributed by atoms with Crippen molar-refractivity contribution < 1.29 is 17.6 Å². The van der Waals surface area contributed by atoms with Gasteiger partial charge in [-0.15, -0.1) is 0 Å². The lowest BCUT2D eigenvalue weighted by Crippen LogP contribution is -2.35. The molecule has 3 unspecified atom stereocenters. The maximum absolute atomic E-state index is 13.0. The van der Waals surface area contributed by atoms with Gasteiger partial charge in [0.25, 0.3) is 0 Å². The lowest BCUT2D eigenvalue weighted by Gasteiger charge is -2.36. The minimum absolute atomic E-state index is 0.0595. The first-order valence-corrected chi connectivity index (χ1v) is 7.47. The summed E-state index contributed by atoms with van der Waals surface area (Å²) in [6.07, 6.45) is -2.36. The van der Waals surface area contributed by atoms with Crippen LogP contribution in [0.1, 0.15) is 44.2 Å². The average molecular weight is 303 g/mol. The van der Waals surface area contributed by atoms with E-state index in [4.69, 9.17) is 0 Å². The lowest BCUT2D eigenvalue weighted by molar-refractivity contribution is -0.186. The summed E-state index contributed by atoms with van der Waals surface area (Å²) in [7, 11) is 0. The van der Waals surface area contributed by atoms with E-state index in [1.807, 2.05) is 6.92 Å². The van der Waals surface area contributed by atoms with E-state index in [1.165, 1.54) is 12.1 Å². The smallest absolute Gasteiger partial charge is 0.310 e. The predicted octanol–water partition coefficient (Wildman–Crippen LogP) is 4.85. The van der Waals surface area contributed by atoms with Crippen LogP contribution in [0.2, 0.25) is 0 Å². The molecule has 0 aliphatic heterocycles. The van der Waals surface area contributed by atoms with Gasteiger partial charge in [-0.05, 0) is 49.4 Å². The molecular formula is C16H21F4N. The van der Waals surface area contributed by atoms with Crippen LogP contribution >= 0.6 is 0 Å². The lowest BCUT2D eigenvalue weighted by atomic mass is 9.75. The first-order valence-electron chi connectivity index (χ1n) is 7.47. The molecule has 0 saturated heterocycles. The van der Waals surface area contributed by atoms with Gasteiger partial charge < -0.3 is 5.32 Å². The second-order valence-corrected chi connectivity index (χ2v) is 5.75. The van der Waals surface area contributed by atoms with Crippen LogP contribution in [0.5, 0.6) is 0 Å². The summed E-state index contributed by atoms with van der Waals surface area (Å²) in [6.45, 7) is 2.61. The highest BCUT2D eigenvalue weighted by Gasteiger charge is 2.43. The van der Waals surface area contributed by atoms with E-state index >= 15 is 0 Å². The van der Waals surface area contributed by atoms with Gasteiger partial charge in [-0.25, -0.2) is 4.39 Å². The molecule has 0 heterocycles. The van der Waals surface area contributed by atoms with Gasteiger partial charge >= 0.3 is 6.18 Å². The number of nitrogens with one attached hydrogen (secondary N) is 1. The van der Waals surface area contributed by atoms with Crippen LogP contribution < -0.4 is 5.32 Å². The molecule has 0 spiro atoms. The van der Waals surface area contributed by atoms with Gasteiger partial charge in [0.05, 0.1) is 5.92 Å². The molecule has 0 amide bonds. The summed E-state index contributed by atoms with van der Waals surface area (Å²) in [5.74, 6) is -1.60. The monoisotopic (exact) mass is 303 g/mol. The molecule has 1 aliphatic rings. The number of benzene rings is 1.